The lowest BCUT2D eigenvalue weighted by Gasteiger charge is -2.06. The number of rotatable bonds is 5. The number of aliphatic hydroxyl groups excluding tert-OH is 1. The van der Waals surface area contributed by atoms with Crippen LogP contribution in [0.25, 0.3) is 0 Å². The van der Waals surface area contributed by atoms with Crippen LogP contribution in [-0.2, 0) is 6.54 Å². The zero-order chi connectivity index (χ0) is 12.1. The summed E-state index contributed by atoms with van der Waals surface area (Å²) in [6, 6.07) is 7.87. The smallest absolute Gasteiger partial charge is 0.0804 e. The Bertz CT molecular complexity index is 450. The maximum Gasteiger partial charge on any atom is 0.0804 e. The van der Waals surface area contributed by atoms with Crippen LogP contribution in [0.5, 0.6) is 0 Å². The van der Waals surface area contributed by atoms with Gasteiger partial charge in [0.05, 0.1) is 18.3 Å². The highest BCUT2D eigenvalue weighted by molar-refractivity contribution is 5.15. The third-order valence-corrected chi connectivity index (χ3v) is 2.79. The molecule has 3 heteroatoms. The number of hydrogen-bond acceptors (Lipinski definition) is 2. The van der Waals surface area contributed by atoms with Gasteiger partial charge in [-0.05, 0) is 30.2 Å². The maximum absolute atomic E-state index is 9.87. The van der Waals surface area contributed by atoms with E-state index in [9.17, 15) is 5.11 Å². The number of nitrogens with zero attached hydrogens (tertiary/aromatic N) is 2. The molecule has 0 amide bonds. The first-order valence-electron chi connectivity index (χ1n) is 6.03. The van der Waals surface area contributed by atoms with Gasteiger partial charge in [0.1, 0.15) is 0 Å². The Morgan fingerprint density at radius 3 is 2.94 bits per heavy atom. The molecular weight excluding hydrogens is 212 g/mol. The number of aliphatic hydroxyl groups is 1. The van der Waals surface area contributed by atoms with Gasteiger partial charge in [-0.25, -0.2) is 0 Å². The second kappa shape index (κ2) is 5.64. The minimum Gasteiger partial charge on any atom is -0.388 e. The average Bonchev–Trinajstić information content (AvgIpc) is 2.79. The molecule has 1 unspecified atom stereocenters. The summed E-state index contributed by atoms with van der Waals surface area (Å²) in [5.74, 6) is 0. The molecule has 0 aromatic carbocycles. The highest BCUT2D eigenvalue weighted by Crippen LogP contribution is 2.18. The summed E-state index contributed by atoms with van der Waals surface area (Å²) in [4.78, 5) is 4.28. The van der Waals surface area contributed by atoms with Crippen LogP contribution < -0.4 is 0 Å². The summed E-state index contributed by atoms with van der Waals surface area (Å²) in [5.41, 5.74) is 2.02. The Morgan fingerprint density at radius 1 is 1.35 bits per heavy atom. The third-order valence-electron chi connectivity index (χ3n) is 2.79. The summed E-state index contributed by atoms with van der Waals surface area (Å²) >= 11 is 0. The van der Waals surface area contributed by atoms with Crippen LogP contribution in [-0.4, -0.2) is 14.7 Å². The lowest BCUT2D eigenvalue weighted by atomic mass is 10.1. The van der Waals surface area contributed by atoms with Crippen molar-refractivity contribution in [2.45, 2.75) is 32.4 Å². The largest absolute Gasteiger partial charge is 0.388 e. The Morgan fingerprint density at radius 2 is 2.24 bits per heavy atom. The van der Waals surface area contributed by atoms with Crippen LogP contribution in [0.4, 0.5) is 0 Å². The van der Waals surface area contributed by atoms with Gasteiger partial charge in [-0.3, -0.25) is 4.98 Å². The van der Waals surface area contributed by atoms with E-state index >= 15 is 0 Å². The van der Waals surface area contributed by atoms with Gasteiger partial charge >= 0.3 is 0 Å². The molecular formula is C14H18N2O. The Balaban J connectivity index is 2.04. The highest BCUT2D eigenvalue weighted by Gasteiger charge is 2.07. The lowest BCUT2D eigenvalue weighted by molar-refractivity contribution is 0.166. The number of hydrogen-bond donors (Lipinski definition) is 1. The fourth-order valence-corrected chi connectivity index (χ4v) is 1.87. The Kier molecular flexibility index (Phi) is 3.94. The lowest BCUT2D eigenvalue weighted by Crippen LogP contribution is -1.99. The van der Waals surface area contributed by atoms with Crippen molar-refractivity contribution in [1.82, 2.24) is 9.55 Å². The summed E-state index contributed by atoms with van der Waals surface area (Å²) in [6.07, 6.45) is 7.24. The second-order valence-corrected chi connectivity index (χ2v) is 4.24. The van der Waals surface area contributed by atoms with Crippen LogP contribution in [0.2, 0.25) is 0 Å². The minimum atomic E-state index is -0.343. The average molecular weight is 230 g/mol. The minimum absolute atomic E-state index is 0.343. The van der Waals surface area contributed by atoms with Crippen LogP contribution >= 0.6 is 0 Å². The predicted octanol–water partition coefficient (Wildman–Crippen LogP) is 2.76. The zero-order valence-electron chi connectivity index (χ0n) is 10.1. The van der Waals surface area contributed by atoms with Crippen molar-refractivity contribution in [2.75, 3.05) is 0 Å². The van der Waals surface area contributed by atoms with Gasteiger partial charge < -0.3 is 9.67 Å². The highest BCUT2D eigenvalue weighted by atomic mass is 16.3. The van der Waals surface area contributed by atoms with Crippen molar-refractivity contribution in [3.8, 4) is 0 Å². The van der Waals surface area contributed by atoms with E-state index in [1.807, 2.05) is 36.7 Å². The van der Waals surface area contributed by atoms with Crippen molar-refractivity contribution in [3.05, 3.63) is 54.1 Å². The molecule has 17 heavy (non-hydrogen) atoms. The van der Waals surface area contributed by atoms with Crippen LogP contribution in [0.15, 0.2) is 42.9 Å². The van der Waals surface area contributed by atoms with Crippen molar-refractivity contribution in [3.63, 3.8) is 0 Å². The molecule has 3 nitrogen and oxygen atoms in total. The molecule has 0 fully saturated rings. The van der Waals surface area contributed by atoms with Crippen molar-refractivity contribution in [2.24, 2.45) is 0 Å². The SMILES string of the molecule is CCCC(O)c1ccn(Cc2ccccn2)c1. The van der Waals surface area contributed by atoms with Gasteiger partial charge in [0.15, 0.2) is 0 Å². The fraction of sp³-hybridized carbons (Fsp3) is 0.357. The van der Waals surface area contributed by atoms with Crippen molar-refractivity contribution >= 4 is 0 Å². The summed E-state index contributed by atoms with van der Waals surface area (Å²) in [7, 11) is 0. The van der Waals surface area contributed by atoms with E-state index in [0.29, 0.717) is 0 Å². The number of pyridine rings is 1. The number of aromatic nitrogens is 2. The first-order chi connectivity index (χ1) is 8.29. The zero-order valence-corrected chi connectivity index (χ0v) is 10.1. The standard InChI is InChI=1S/C14H18N2O/c1-2-5-14(17)12-7-9-16(10-12)11-13-6-3-4-8-15-13/h3-4,6-10,14,17H,2,5,11H2,1H3. The van der Waals surface area contributed by atoms with E-state index in [1.54, 1.807) is 6.20 Å². The van der Waals surface area contributed by atoms with E-state index in [4.69, 9.17) is 0 Å². The van der Waals surface area contributed by atoms with Gasteiger partial charge in [-0.2, -0.15) is 0 Å². The first-order valence-corrected chi connectivity index (χ1v) is 6.03. The van der Waals surface area contributed by atoms with Gasteiger partial charge in [-0.1, -0.05) is 19.4 Å². The van der Waals surface area contributed by atoms with Crippen molar-refractivity contribution < 1.29 is 5.11 Å². The quantitative estimate of drug-likeness (QED) is 0.857. The third kappa shape index (κ3) is 3.17. The van der Waals surface area contributed by atoms with Crippen molar-refractivity contribution in [1.29, 1.82) is 0 Å². The molecule has 1 N–H and O–H groups in total. The molecule has 0 aliphatic heterocycles. The van der Waals surface area contributed by atoms with E-state index in [-0.39, 0.29) is 6.10 Å². The molecule has 90 valence electrons. The maximum atomic E-state index is 9.87. The summed E-state index contributed by atoms with van der Waals surface area (Å²) < 4.78 is 2.05. The summed E-state index contributed by atoms with van der Waals surface area (Å²) in [5, 5.41) is 9.87. The van der Waals surface area contributed by atoms with Crippen LogP contribution in [0.3, 0.4) is 0 Å². The molecule has 2 aromatic heterocycles. The van der Waals surface area contributed by atoms with E-state index < -0.39 is 0 Å². The normalized spacial score (nSPS) is 12.6. The molecule has 2 heterocycles. The van der Waals surface area contributed by atoms with Crippen LogP contribution in [0, 0.1) is 0 Å². The van der Waals surface area contributed by atoms with Gasteiger partial charge in [0.25, 0.3) is 0 Å². The first kappa shape index (κ1) is 11.9. The molecule has 0 aliphatic carbocycles. The molecule has 0 radical (unpaired) electrons. The van der Waals surface area contributed by atoms with Gasteiger partial charge in [-0.15, -0.1) is 0 Å². The molecule has 0 bridgehead atoms. The molecule has 1 atom stereocenters. The fourth-order valence-electron chi connectivity index (χ4n) is 1.87. The molecule has 2 rings (SSSR count). The Labute approximate surface area is 102 Å². The molecule has 0 spiro atoms. The van der Waals surface area contributed by atoms with Gasteiger partial charge in [0.2, 0.25) is 0 Å². The summed E-state index contributed by atoms with van der Waals surface area (Å²) in [6.45, 7) is 2.83. The molecule has 0 saturated carbocycles. The molecule has 0 saturated heterocycles. The Hall–Kier alpha value is -1.61. The predicted molar refractivity (Wildman–Crippen MR) is 67.6 cm³/mol. The monoisotopic (exact) mass is 230 g/mol. The van der Waals surface area contributed by atoms with Gasteiger partial charge in [0, 0.05) is 18.6 Å². The second-order valence-electron chi connectivity index (χ2n) is 4.24. The van der Waals surface area contributed by atoms with E-state index in [2.05, 4.69) is 16.5 Å². The topological polar surface area (TPSA) is 38.0 Å². The van der Waals surface area contributed by atoms with E-state index in [0.717, 1.165) is 30.6 Å². The van der Waals surface area contributed by atoms with E-state index in [1.165, 1.54) is 0 Å². The molecule has 2 aromatic rings. The molecule has 0 aliphatic rings. The van der Waals surface area contributed by atoms with Crippen LogP contribution in [0.1, 0.15) is 37.1 Å².